The number of aryl methyl sites for hydroxylation is 2. The van der Waals surface area contributed by atoms with Crippen LogP contribution in [0.1, 0.15) is 65.7 Å². The van der Waals surface area contributed by atoms with E-state index in [9.17, 15) is 4.79 Å². The van der Waals surface area contributed by atoms with E-state index in [2.05, 4.69) is 79.7 Å². The van der Waals surface area contributed by atoms with Gasteiger partial charge in [0.15, 0.2) is 5.78 Å². The second kappa shape index (κ2) is 11.4. The maximum absolute atomic E-state index is 13.6. The molecule has 1 heterocycles. The van der Waals surface area contributed by atoms with Gasteiger partial charge in [0.25, 0.3) is 0 Å². The van der Waals surface area contributed by atoms with Crippen LogP contribution >= 0.6 is 11.3 Å². The zero-order chi connectivity index (χ0) is 24.9. The number of ether oxygens (including phenoxy) is 1. The lowest BCUT2D eigenvalue weighted by Gasteiger charge is -2.30. The number of hydrogen-bond acceptors (Lipinski definition) is 3. The van der Waals surface area contributed by atoms with Crippen LogP contribution < -0.4 is 4.74 Å². The molecular formula is C33H36O2S. The molecule has 0 saturated heterocycles. The SMILES string of the molecule is COc1ccc(-c2ccccc2)cc1CC[C@H](CC(=O)c1sc2ccccc2c1C)C1CCCCC1. The number of Topliss-reactive ketones (excluding diaryl/α,β-unsaturated/α-hetero) is 1. The average Bonchev–Trinajstić information content (AvgIpc) is 3.28. The predicted octanol–water partition coefficient (Wildman–Crippen LogP) is 9.29. The summed E-state index contributed by atoms with van der Waals surface area (Å²) in [5, 5.41) is 1.22. The standard InChI is InChI=1S/C33H36O2S/c1-23-29-15-9-10-16-32(29)36-33(23)30(34)22-27(25-13-7-4-8-14-25)17-18-28-21-26(19-20-31(28)35-2)24-11-5-3-6-12-24/h3,5-6,9-12,15-16,19-21,25,27H,4,7-8,13-14,17-18,22H2,1-2H3/t27-/m1/s1. The molecular weight excluding hydrogens is 460 g/mol. The van der Waals surface area contributed by atoms with Gasteiger partial charge in [0.2, 0.25) is 0 Å². The first-order chi connectivity index (χ1) is 17.6. The van der Waals surface area contributed by atoms with Crippen LogP contribution in [0.4, 0.5) is 0 Å². The number of carbonyl (C=O) groups excluding carboxylic acids is 1. The van der Waals surface area contributed by atoms with Crippen molar-refractivity contribution in [1.82, 2.24) is 0 Å². The topological polar surface area (TPSA) is 26.3 Å². The van der Waals surface area contributed by atoms with E-state index in [0.29, 0.717) is 24.0 Å². The Morgan fingerprint density at radius 3 is 2.44 bits per heavy atom. The van der Waals surface area contributed by atoms with E-state index < -0.39 is 0 Å². The molecule has 1 atom stereocenters. The van der Waals surface area contributed by atoms with E-state index in [1.165, 1.54) is 58.9 Å². The molecule has 5 rings (SSSR count). The molecule has 0 radical (unpaired) electrons. The highest BCUT2D eigenvalue weighted by atomic mass is 32.1. The molecule has 0 aliphatic heterocycles. The zero-order valence-electron chi connectivity index (χ0n) is 21.5. The van der Waals surface area contributed by atoms with Gasteiger partial charge in [-0.3, -0.25) is 4.79 Å². The Morgan fingerprint density at radius 2 is 1.69 bits per heavy atom. The van der Waals surface area contributed by atoms with E-state index in [0.717, 1.165) is 29.0 Å². The minimum Gasteiger partial charge on any atom is -0.496 e. The molecule has 1 fully saturated rings. The summed E-state index contributed by atoms with van der Waals surface area (Å²) in [6, 6.07) is 25.5. The number of ketones is 1. The Labute approximate surface area is 219 Å². The normalized spacial score (nSPS) is 15.2. The van der Waals surface area contributed by atoms with Crippen molar-refractivity contribution in [3.63, 3.8) is 0 Å². The summed E-state index contributed by atoms with van der Waals surface area (Å²) < 4.78 is 6.97. The summed E-state index contributed by atoms with van der Waals surface area (Å²) >= 11 is 1.67. The number of hydrogen-bond donors (Lipinski definition) is 0. The third-order valence-electron chi connectivity index (χ3n) is 8.03. The van der Waals surface area contributed by atoms with Crippen molar-refractivity contribution in [2.75, 3.05) is 7.11 Å². The molecule has 0 bridgehead atoms. The third kappa shape index (κ3) is 5.42. The zero-order valence-corrected chi connectivity index (χ0v) is 22.3. The fourth-order valence-corrected chi connectivity index (χ4v) is 7.16. The Morgan fingerprint density at radius 1 is 0.944 bits per heavy atom. The lowest BCUT2D eigenvalue weighted by Crippen LogP contribution is -2.22. The Balaban J connectivity index is 1.38. The van der Waals surface area contributed by atoms with Gasteiger partial charge in [-0.2, -0.15) is 0 Å². The predicted molar refractivity (Wildman–Crippen MR) is 152 cm³/mol. The van der Waals surface area contributed by atoms with E-state index in [-0.39, 0.29) is 0 Å². The van der Waals surface area contributed by atoms with Gasteiger partial charge in [0, 0.05) is 11.1 Å². The van der Waals surface area contributed by atoms with Crippen molar-refractivity contribution in [3.05, 3.63) is 88.8 Å². The Hall–Kier alpha value is -2.91. The van der Waals surface area contributed by atoms with E-state index in [1.807, 2.05) is 0 Å². The van der Waals surface area contributed by atoms with Crippen molar-refractivity contribution < 1.29 is 9.53 Å². The van der Waals surface area contributed by atoms with Crippen molar-refractivity contribution in [3.8, 4) is 16.9 Å². The van der Waals surface area contributed by atoms with Gasteiger partial charge in [0.1, 0.15) is 5.75 Å². The monoisotopic (exact) mass is 496 g/mol. The van der Waals surface area contributed by atoms with Crippen LogP contribution in [0.3, 0.4) is 0 Å². The number of fused-ring (bicyclic) bond motifs is 1. The second-order valence-electron chi connectivity index (χ2n) is 10.3. The molecule has 1 aliphatic rings. The molecule has 0 unspecified atom stereocenters. The van der Waals surface area contributed by atoms with Crippen LogP contribution in [0.2, 0.25) is 0 Å². The molecule has 1 saturated carbocycles. The van der Waals surface area contributed by atoms with Gasteiger partial charge in [-0.25, -0.2) is 0 Å². The minimum absolute atomic E-state index is 0.328. The number of benzene rings is 3. The van der Waals surface area contributed by atoms with Crippen molar-refractivity contribution in [2.24, 2.45) is 11.8 Å². The van der Waals surface area contributed by atoms with Crippen LogP contribution in [0.5, 0.6) is 5.75 Å². The summed E-state index contributed by atoms with van der Waals surface area (Å²) in [6.07, 6.45) is 9.04. The molecule has 3 heteroatoms. The van der Waals surface area contributed by atoms with Crippen molar-refractivity contribution >= 4 is 27.2 Å². The van der Waals surface area contributed by atoms with E-state index in [4.69, 9.17) is 4.74 Å². The molecule has 36 heavy (non-hydrogen) atoms. The van der Waals surface area contributed by atoms with E-state index in [1.54, 1.807) is 18.4 Å². The van der Waals surface area contributed by atoms with Crippen LogP contribution in [-0.4, -0.2) is 12.9 Å². The summed E-state index contributed by atoms with van der Waals surface area (Å²) in [5.74, 6) is 2.33. The summed E-state index contributed by atoms with van der Waals surface area (Å²) in [6.45, 7) is 2.11. The molecule has 3 aromatic carbocycles. The van der Waals surface area contributed by atoms with Gasteiger partial charge in [0.05, 0.1) is 12.0 Å². The first kappa shape index (κ1) is 24.8. The molecule has 1 aromatic heterocycles. The highest BCUT2D eigenvalue weighted by Gasteiger charge is 2.28. The number of carbonyl (C=O) groups is 1. The number of methoxy groups -OCH3 is 1. The van der Waals surface area contributed by atoms with Crippen molar-refractivity contribution in [2.45, 2.75) is 58.3 Å². The number of rotatable bonds is 9. The van der Waals surface area contributed by atoms with Crippen molar-refractivity contribution in [1.29, 1.82) is 0 Å². The highest BCUT2D eigenvalue weighted by Crippen LogP contribution is 2.38. The van der Waals surface area contributed by atoms with Gasteiger partial charge in [-0.05, 0) is 77.4 Å². The van der Waals surface area contributed by atoms with E-state index >= 15 is 0 Å². The molecule has 0 spiro atoms. The van der Waals surface area contributed by atoms with Crippen LogP contribution in [0.15, 0.2) is 72.8 Å². The Bertz CT molecular complexity index is 1310. The number of thiophene rings is 1. The Kier molecular flexibility index (Phi) is 7.87. The quantitative estimate of drug-likeness (QED) is 0.216. The lowest BCUT2D eigenvalue weighted by atomic mass is 9.75. The minimum atomic E-state index is 0.328. The molecule has 4 aromatic rings. The second-order valence-corrected chi connectivity index (χ2v) is 11.3. The van der Waals surface area contributed by atoms with Gasteiger partial charge in [-0.15, -0.1) is 11.3 Å². The first-order valence-electron chi connectivity index (χ1n) is 13.4. The molecule has 2 nitrogen and oxygen atoms in total. The van der Waals surface area contributed by atoms with Gasteiger partial charge < -0.3 is 4.74 Å². The molecule has 0 amide bonds. The highest BCUT2D eigenvalue weighted by molar-refractivity contribution is 7.21. The maximum Gasteiger partial charge on any atom is 0.173 e. The van der Waals surface area contributed by atoms with Gasteiger partial charge >= 0.3 is 0 Å². The molecule has 186 valence electrons. The van der Waals surface area contributed by atoms with Crippen LogP contribution in [0, 0.1) is 18.8 Å². The maximum atomic E-state index is 13.6. The summed E-state index contributed by atoms with van der Waals surface area (Å²) in [5.41, 5.74) is 4.84. The van der Waals surface area contributed by atoms with Gasteiger partial charge in [-0.1, -0.05) is 86.7 Å². The van der Waals surface area contributed by atoms with Crippen LogP contribution in [-0.2, 0) is 6.42 Å². The summed E-state index contributed by atoms with van der Waals surface area (Å²) in [7, 11) is 1.76. The molecule has 0 N–H and O–H groups in total. The fraction of sp³-hybridized carbons (Fsp3) is 0.364. The first-order valence-corrected chi connectivity index (χ1v) is 14.2. The average molecular weight is 497 g/mol. The summed E-state index contributed by atoms with van der Waals surface area (Å²) in [4.78, 5) is 14.6. The largest absolute Gasteiger partial charge is 0.496 e. The lowest BCUT2D eigenvalue weighted by molar-refractivity contribution is 0.0929. The fourth-order valence-electron chi connectivity index (χ4n) is 6.01. The smallest absolute Gasteiger partial charge is 0.173 e. The third-order valence-corrected chi connectivity index (χ3v) is 9.35. The van der Waals surface area contributed by atoms with Crippen LogP contribution in [0.25, 0.3) is 21.2 Å². The molecule has 1 aliphatic carbocycles.